The number of hydrogen-bond donors (Lipinski definition) is 0. The first-order valence-corrected chi connectivity index (χ1v) is 8.16. The third kappa shape index (κ3) is 5.83. The predicted molar refractivity (Wildman–Crippen MR) is 97.7 cm³/mol. The largest absolute Gasteiger partial charge is 0.334 e. The highest BCUT2D eigenvalue weighted by atomic mass is 35.5. The van der Waals surface area contributed by atoms with Gasteiger partial charge in [0.1, 0.15) is 0 Å². The molecule has 1 aromatic heterocycles. The Hall–Kier alpha value is -2.11. The van der Waals surface area contributed by atoms with Gasteiger partial charge in [-0.1, -0.05) is 23.7 Å². The van der Waals surface area contributed by atoms with Crippen LogP contribution in [0.1, 0.15) is 11.1 Å². The molecule has 0 saturated carbocycles. The van der Waals surface area contributed by atoms with Crippen LogP contribution >= 0.6 is 11.6 Å². The number of aryl methyl sites for hydroxylation is 1. The monoisotopic (exact) mass is 346 g/mol. The zero-order chi connectivity index (χ0) is 17.5. The number of halogens is 1. The number of nitrogens with zero attached hydrogens (tertiary/aromatic N) is 4. The van der Waals surface area contributed by atoms with E-state index >= 15 is 0 Å². The first kappa shape index (κ1) is 18.2. The Morgan fingerprint density at radius 3 is 2.75 bits per heavy atom. The quantitative estimate of drug-likeness (QED) is 0.724. The van der Waals surface area contributed by atoms with E-state index in [1.807, 2.05) is 56.5 Å². The molecule has 5 nitrogen and oxygen atoms in total. The van der Waals surface area contributed by atoms with Crippen LogP contribution in [-0.4, -0.2) is 52.7 Å². The Bertz CT molecular complexity index is 709. The van der Waals surface area contributed by atoms with E-state index in [2.05, 4.69) is 10.00 Å². The molecule has 0 unspecified atom stereocenters. The van der Waals surface area contributed by atoms with Gasteiger partial charge in [0, 0.05) is 49.5 Å². The van der Waals surface area contributed by atoms with E-state index in [0.717, 1.165) is 17.7 Å². The molecule has 0 spiro atoms. The lowest BCUT2D eigenvalue weighted by molar-refractivity contribution is -0.126. The summed E-state index contributed by atoms with van der Waals surface area (Å²) in [6, 6.07) is 7.60. The van der Waals surface area contributed by atoms with Gasteiger partial charge in [0.05, 0.1) is 6.20 Å². The van der Waals surface area contributed by atoms with Crippen LogP contribution in [0.15, 0.2) is 42.7 Å². The molecule has 0 atom stereocenters. The van der Waals surface area contributed by atoms with Crippen molar-refractivity contribution >= 4 is 23.6 Å². The van der Waals surface area contributed by atoms with Gasteiger partial charge in [-0.15, -0.1) is 0 Å². The van der Waals surface area contributed by atoms with Crippen molar-refractivity contribution in [2.75, 3.05) is 27.2 Å². The first-order valence-electron chi connectivity index (χ1n) is 7.79. The number of carbonyl (C=O) groups excluding carboxylic acids is 1. The molecule has 0 aliphatic carbocycles. The fraction of sp³-hybridized carbons (Fsp3) is 0.333. The van der Waals surface area contributed by atoms with Gasteiger partial charge in [-0.05, 0) is 37.9 Å². The molecule has 24 heavy (non-hydrogen) atoms. The number of aromatic nitrogens is 2. The molecule has 0 aliphatic rings. The zero-order valence-electron chi connectivity index (χ0n) is 14.3. The Morgan fingerprint density at radius 2 is 2.12 bits per heavy atom. The minimum Gasteiger partial charge on any atom is -0.334 e. The maximum absolute atomic E-state index is 12.6. The van der Waals surface area contributed by atoms with Crippen molar-refractivity contribution in [3.05, 3.63) is 58.9 Å². The smallest absolute Gasteiger partial charge is 0.246 e. The highest BCUT2D eigenvalue weighted by molar-refractivity contribution is 6.30. The van der Waals surface area contributed by atoms with Gasteiger partial charge in [-0.2, -0.15) is 5.10 Å². The Balaban J connectivity index is 2.08. The van der Waals surface area contributed by atoms with E-state index in [9.17, 15) is 4.79 Å². The van der Waals surface area contributed by atoms with Crippen LogP contribution in [0, 0.1) is 0 Å². The molecule has 2 aromatic rings. The van der Waals surface area contributed by atoms with Crippen LogP contribution in [0.5, 0.6) is 0 Å². The van der Waals surface area contributed by atoms with Crippen LogP contribution < -0.4 is 0 Å². The van der Waals surface area contributed by atoms with Crippen LogP contribution in [0.25, 0.3) is 6.08 Å². The molecular weight excluding hydrogens is 324 g/mol. The minimum atomic E-state index is -0.0271. The molecule has 0 radical (unpaired) electrons. The van der Waals surface area contributed by atoms with Crippen LogP contribution in [0.3, 0.4) is 0 Å². The van der Waals surface area contributed by atoms with Crippen molar-refractivity contribution in [1.29, 1.82) is 0 Å². The standard InChI is InChI=1S/C18H23ClN4O/c1-21(2)9-10-23(14-15-5-4-6-17(19)11-15)18(24)8-7-16-12-20-22(3)13-16/h4-8,11-13H,9-10,14H2,1-3H3/b8-7-. The van der Waals surface area contributed by atoms with Crippen molar-refractivity contribution in [3.63, 3.8) is 0 Å². The van der Waals surface area contributed by atoms with Gasteiger partial charge in [0.15, 0.2) is 0 Å². The average Bonchev–Trinajstić information content (AvgIpc) is 2.94. The van der Waals surface area contributed by atoms with Gasteiger partial charge in [0.25, 0.3) is 0 Å². The van der Waals surface area contributed by atoms with E-state index in [4.69, 9.17) is 11.6 Å². The average molecular weight is 347 g/mol. The van der Waals surface area contributed by atoms with Gasteiger partial charge in [0.2, 0.25) is 5.91 Å². The number of carbonyl (C=O) groups is 1. The molecule has 0 N–H and O–H groups in total. The lowest BCUT2D eigenvalue weighted by atomic mass is 10.2. The maximum atomic E-state index is 12.6. The van der Waals surface area contributed by atoms with E-state index in [0.29, 0.717) is 18.1 Å². The highest BCUT2D eigenvalue weighted by Crippen LogP contribution is 2.13. The maximum Gasteiger partial charge on any atom is 0.246 e. The fourth-order valence-corrected chi connectivity index (χ4v) is 2.46. The van der Waals surface area contributed by atoms with Crippen molar-refractivity contribution in [1.82, 2.24) is 19.6 Å². The summed E-state index contributed by atoms with van der Waals surface area (Å²) in [6.45, 7) is 1.98. The van der Waals surface area contributed by atoms with Gasteiger partial charge < -0.3 is 9.80 Å². The van der Waals surface area contributed by atoms with E-state index < -0.39 is 0 Å². The third-order valence-electron chi connectivity index (χ3n) is 3.53. The second-order valence-corrected chi connectivity index (χ2v) is 6.41. The van der Waals surface area contributed by atoms with Crippen LogP contribution in [0.2, 0.25) is 5.02 Å². The molecule has 0 aliphatic heterocycles. The summed E-state index contributed by atoms with van der Waals surface area (Å²) in [4.78, 5) is 16.5. The lowest BCUT2D eigenvalue weighted by Crippen LogP contribution is -2.35. The molecule has 0 bridgehead atoms. The molecule has 2 rings (SSSR count). The summed E-state index contributed by atoms with van der Waals surface area (Å²) in [5.74, 6) is -0.0271. The van der Waals surface area contributed by atoms with Crippen molar-refractivity contribution in [2.45, 2.75) is 6.54 Å². The molecule has 0 saturated heterocycles. The summed E-state index contributed by atoms with van der Waals surface area (Å²) in [6.07, 6.45) is 6.98. The summed E-state index contributed by atoms with van der Waals surface area (Å²) < 4.78 is 1.71. The van der Waals surface area contributed by atoms with Gasteiger partial charge in [-0.25, -0.2) is 0 Å². The number of rotatable bonds is 7. The topological polar surface area (TPSA) is 41.4 Å². The molecular formula is C18H23ClN4O. The molecule has 1 amide bonds. The van der Waals surface area contributed by atoms with Crippen molar-refractivity contribution in [3.8, 4) is 0 Å². The van der Waals surface area contributed by atoms with E-state index in [1.54, 1.807) is 23.0 Å². The summed E-state index contributed by atoms with van der Waals surface area (Å²) in [5, 5.41) is 4.77. The summed E-state index contributed by atoms with van der Waals surface area (Å²) in [5.41, 5.74) is 1.92. The van der Waals surface area contributed by atoms with Gasteiger partial charge >= 0.3 is 0 Å². The second-order valence-electron chi connectivity index (χ2n) is 5.97. The molecule has 1 heterocycles. The second kappa shape index (κ2) is 8.66. The third-order valence-corrected chi connectivity index (χ3v) is 3.77. The molecule has 1 aromatic carbocycles. The van der Waals surface area contributed by atoms with Crippen LogP contribution in [-0.2, 0) is 18.4 Å². The number of hydrogen-bond acceptors (Lipinski definition) is 3. The van der Waals surface area contributed by atoms with Crippen molar-refractivity contribution < 1.29 is 4.79 Å². The molecule has 128 valence electrons. The SMILES string of the molecule is CN(C)CCN(Cc1cccc(Cl)c1)C(=O)/C=C\c1cnn(C)c1. The van der Waals surface area contributed by atoms with E-state index in [1.165, 1.54) is 0 Å². The number of amides is 1. The van der Waals surface area contributed by atoms with E-state index in [-0.39, 0.29) is 5.91 Å². The Kier molecular flexibility index (Phi) is 6.58. The van der Waals surface area contributed by atoms with Crippen molar-refractivity contribution in [2.24, 2.45) is 7.05 Å². The van der Waals surface area contributed by atoms with Crippen LogP contribution in [0.4, 0.5) is 0 Å². The van der Waals surface area contributed by atoms with Gasteiger partial charge in [-0.3, -0.25) is 9.48 Å². The summed E-state index contributed by atoms with van der Waals surface area (Å²) in [7, 11) is 5.84. The first-order chi connectivity index (χ1) is 11.4. The predicted octanol–water partition coefficient (Wildman–Crippen LogP) is 2.68. The fourth-order valence-electron chi connectivity index (χ4n) is 2.24. The summed E-state index contributed by atoms with van der Waals surface area (Å²) >= 11 is 6.04. The highest BCUT2D eigenvalue weighted by Gasteiger charge is 2.12. The number of likely N-dealkylation sites (N-methyl/N-ethyl adjacent to an activating group) is 1. The Morgan fingerprint density at radius 1 is 1.33 bits per heavy atom. The molecule has 0 fully saturated rings. The minimum absolute atomic E-state index is 0.0271. The normalized spacial score (nSPS) is 11.4. The lowest BCUT2D eigenvalue weighted by Gasteiger charge is -2.23. The zero-order valence-corrected chi connectivity index (χ0v) is 15.1. The molecule has 6 heteroatoms. The number of benzene rings is 1. The Labute approximate surface area is 148 Å².